The minimum Gasteiger partial charge on any atom is -0.390 e. The molecular formula is C17H33NO2. The van der Waals surface area contributed by atoms with Gasteiger partial charge in [0.05, 0.1) is 17.3 Å². The number of nitrogens with one attached hydrogen (secondary N) is 1. The maximum atomic E-state index is 10.6. The molecule has 2 fully saturated rings. The zero-order valence-corrected chi connectivity index (χ0v) is 13.8. The lowest BCUT2D eigenvalue weighted by molar-refractivity contribution is -0.0730. The van der Waals surface area contributed by atoms with E-state index in [0.29, 0.717) is 0 Å². The van der Waals surface area contributed by atoms with E-state index in [9.17, 15) is 5.11 Å². The van der Waals surface area contributed by atoms with Crippen molar-refractivity contribution in [1.82, 2.24) is 5.32 Å². The van der Waals surface area contributed by atoms with Crippen molar-refractivity contribution in [1.29, 1.82) is 0 Å². The van der Waals surface area contributed by atoms with Crippen LogP contribution >= 0.6 is 0 Å². The van der Waals surface area contributed by atoms with Crippen LogP contribution in [0.4, 0.5) is 0 Å². The zero-order valence-electron chi connectivity index (χ0n) is 13.8. The Bertz CT molecular complexity index is 313. The minimum absolute atomic E-state index is 0.119. The quantitative estimate of drug-likeness (QED) is 0.812. The SMILES string of the molecule is CC(O)(CCNC(C)(C)C)CC1CCC2(CCCC2)O1. The van der Waals surface area contributed by atoms with Gasteiger partial charge in [0.2, 0.25) is 0 Å². The van der Waals surface area contributed by atoms with Crippen molar-refractivity contribution in [3.63, 3.8) is 0 Å². The highest BCUT2D eigenvalue weighted by Crippen LogP contribution is 2.44. The molecule has 0 amide bonds. The second-order valence-corrected chi connectivity index (χ2v) is 8.30. The molecule has 2 atom stereocenters. The summed E-state index contributed by atoms with van der Waals surface area (Å²) in [5.74, 6) is 0. The second kappa shape index (κ2) is 5.94. The number of hydrogen-bond acceptors (Lipinski definition) is 3. The van der Waals surface area contributed by atoms with Crippen LogP contribution < -0.4 is 5.32 Å². The lowest BCUT2D eigenvalue weighted by Crippen LogP contribution is -2.41. The highest BCUT2D eigenvalue weighted by atomic mass is 16.5. The molecule has 2 aliphatic rings. The molecule has 3 nitrogen and oxygen atoms in total. The molecule has 118 valence electrons. The minimum atomic E-state index is -0.618. The summed E-state index contributed by atoms with van der Waals surface area (Å²) in [5.41, 5.74) is -0.314. The van der Waals surface area contributed by atoms with Gasteiger partial charge >= 0.3 is 0 Å². The van der Waals surface area contributed by atoms with E-state index >= 15 is 0 Å². The van der Waals surface area contributed by atoms with E-state index in [1.54, 1.807) is 0 Å². The molecule has 2 N–H and O–H groups in total. The van der Waals surface area contributed by atoms with Crippen molar-refractivity contribution in [2.24, 2.45) is 0 Å². The van der Waals surface area contributed by atoms with Gasteiger partial charge in [0, 0.05) is 12.0 Å². The Hall–Kier alpha value is -0.120. The van der Waals surface area contributed by atoms with Crippen LogP contribution in [0.1, 0.15) is 79.1 Å². The summed E-state index contributed by atoms with van der Waals surface area (Å²) < 4.78 is 6.31. The predicted octanol–water partition coefficient (Wildman–Crippen LogP) is 3.40. The number of hydrogen-bond donors (Lipinski definition) is 2. The van der Waals surface area contributed by atoms with Gasteiger partial charge < -0.3 is 15.2 Å². The summed E-state index contributed by atoms with van der Waals surface area (Å²) in [6.07, 6.45) is 9.26. The van der Waals surface area contributed by atoms with Crippen molar-refractivity contribution in [3.05, 3.63) is 0 Å². The van der Waals surface area contributed by atoms with E-state index in [1.165, 1.54) is 32.1 Å². The van der Waals surface area contributed by atoms with E-state index in [-0.39, 0.29) is 17.2 Å². The van der Waals surface area contributed by atoms with Crippen molar-refractivity contribution in [3.8, 4) is 0 Å². The molecule has 2 rings (SSSR count). The van der Waals surface area contributed by atoms with Crippen LogP contribution in [-0.4, -0.2) is 34.5 Å². The highest BCUT2D eigenvalue weighted by molar-refractivity contribution is 4.94. The number of aliphatic hydroxyl groups is 1. The molecule has 1 aliphatic carbocycles. The predicted molar refractivity (Wildman–Crippen MR) is 82.9 cm³/mol. The van der Waals surface area contributed by atoms with Gasteiger partial charge in [0.25, 0.3) is 0 Å². The zero-order chi connectivity index (χ0) is 14.9. The summed E-state index contributed by atoms with van der Waals surface area (Å²) in [6, 6.07) is 0. The van der Waals surface area contributed by atoms with Gasteiger partial charge in [-0.05, 0) is 66.3 Å². The molecular weight excluding hydrogens is 250 g/mol. The molecule has 0 bridgehead atoms. The fourth-order valence-electron chi connectivity index (χ4n) is 3.73. The van der Waals surface area contributed by atoms with Gasteiger partial charge in [-0.3, -0.25) is 0 Å². The van der Waals surface area contributed by atoms with Gasteiger partial charge in [0.15, 0.2) is 0 Å². The van der Waals surface area contributed by atoms with Gasteiger partial charge in [-0.1, -0.05) is 12.8 Å². The Morgan fingerprint density at radius 1 is 1.15 bits per heavy atom. The molecule has 1 saturated carbocycles. The third-order valence-corrected chi connectivity index (χ3v) is 4.84. The van der Waals surface area contributed by atoms with Crippen LogP contribution in [0.2, 0.25) is 0 Å². The van der Waals surface area contributed by atoms with Crippen LogP contribution in [0.3, 0.4) is 0 Å². The first-order chi connectivity index (χ1) is 9.20. The third-order valence-electron chi connectivity index (χ3n) is 4.84. The molecule has 1 saturated heterocycles. The maximum Gasteiger partial charge on any atom is 0.0687 e. The fourth-order valence-corrected chi connectivity index (χ4v) is 3.73. The van der Waals surface area contributed by atoms with Crippen LogP contribution in [0.25, 0.3) is 0 Å². The third kappa shape index (κ3) is 4.71. The first-order valence-electron chi connectivity index (χ1n) is 8.35. The van der Waals surface area contributed by atoms with E-state index in [1.807, 2.05) is 6.92 Å². The summed E-state index contributed by atoms with van der Waals surface area (Å²) in [7, 11) is 0. The molecule has 1 aliphatic heterocycles. The molecule has 20 heavy (non-hydrogen) atoms. The Morgan fingerprint density at radius 3 is 2.40 bits per heavy atom. The Balaban J connectivity index is 1.74. The number of ether oxygens (including phenoxy) is 1. The molecule has 2 unspecified atom stereocenters. The van der Waals surface area contributed by atoms with Gasteiger partial charge in [-0.15, -0.1) is 0 Å². The molecule has 1 heterocycles. The molecule has 0 aromatic rings. The Kier molecular flexibility index (Phi) is 4.83. The van der Waals surface area contributed by atoms with E-state index in [4.69, 9.17) is 4.74 Å². The van der Waals surface area contributed by atoms with E-state index in [0.717, 1.165) is 25.8 Å². The standard InChI is InChI=1S/C17H33NO2/c1-15(2,3)18-12-11-16(4,19)13-14-7-10-17(20-14)8-5-6-9-17/h14,18-19H,5-13H2,1-4H3. The Morgan fingerprint density at radius 2 is 1.80 bits per heavy atom. The topological polar surface area (TPSA) is 41.5 Å². The normalized spacial score (nSPS) is 28.9. The molecule has 1 spiro atoms. The second-order valence-electron chi connectivity index (χ2n) is 8.30. The van der Waals surface area contributed by atoms with Crippen molar-refractivity contribution >= 4 is 0 Å². The largest absolute Gasteiger partial charge is 0.390 e. The number of rotatable bonds is 5. The average molecular weight is 283 g/mol. The summed E-state index contributed by atoms with van der Waals surface area (Å²) in [6.45, 7) is 9.29. The van der Waals surface area contributed by atoms with Gasteiger partial charge in [-0.2, -0.15) is 0 Å². The monoisotopic (exact) mass is 283 g/mol. The summed E-state index contributed by atoms with van der Waals surface area (Å²) >= 11 is 0. The molecule has 0 radical (unpaired) electrons. The van der Waals surface area contributed by atoms with Crippen LogP contribution in [0, 0.1) is 0 Å². The average Bonchev–Trinajstić information content (AvgIpc) is 2.87. The van der Waals surface area contributed by atoms with Gasteiger partial charge in [0.1, 0.15) is 0 Å². The summed E-state index contributed by atoms with van der Waals surface area (Å²) in [5, 5.41) is 14.0. The maximum absolute atomic E-state index is 10.6. The first kappa shape index (κ1) is 16.3. The van der Waals surface area contributed by atoms with Gasteiger partial charge in [-0.25, -0.2) is 0 Å². The van der Waals surface area contributed by atoms with Crippen molar-refractivity contribution < 1.29 is 9.84 Å². The smallest absolute Gasteiger partial charge is 0.0687 e. The van der Waals surface area contributed by atoms with Crippen molar-refractivity contribution in [2.45, 2.75) is 102 Å². The highest BCUT2D eigenvalue weighted by Gasteiger charge is 2.43. The molecule has 0 aromatic heterocycles. The lowest BCUT2D eigenvalue weighted by atomic mass is 9.92. The van der Waals surface area contributed by atoms with E-state index in [2.05, 4.69) is 26.1 Å². The summed E-state index contributed by atoms with van der Waals surface area (Å²) in [4.78, 5) is 0. The van der Waals surface area contributed by atoms with Crippen molar-refractivity contribution in [2.75, 3.05) is 6.54 Å². The van der Waals surface area contributed by atoms with Crippen LogP contribution in [0.5, 0.6) is 0 Å². The first-order valence-corrected chi connectivity index (χ1v) is 8.35. The van der Waals surface area contributed by atoms with Crippen LogP contribution in [0.15, 0.2) is 0 Å². The van der Waals surface area contributed by atoms with Crippen LogP contribution in [-0.2, 0) is 4.74 Å². The molecule has 3 heteroatoms. The lowest BCUT2D eigenvalue weighted by Gasteiger charge is -2.30. The van der Waals surface area contributed by atoms with E-state index < -0.39 is 5.60 Å². The Labute approximate surface area is 124 Å². The molecule has 0 aromatic carbocycles. The fraction of sp³-hybridized carbons (Fsp3) is 1.00.